The highest BCUT2D eigenvalue weighted by Gasteiger charge is 2.26. The standard InChI is InChI=1S/C22H24N4O2S/c23-14-19-17-8-4-5-9-18(17)21(26-10-12-28-13-11-26)25-22(19)29-15-20(27)24-16-6-2-1-3-7-16/h1-3,6-7H,4-5,8-13,15H2,(H,24,27). The molecule has 1 fully saturated rings. The molecule has 29 heavy (non-hydrogen) atoms. The third-order valence-corrected chi connectivity index (χ3v) is 6.26. The van der Waals surface area contributed by atoms with Gasteiger partial charge in [0, 0.05) is 18.8 Å². The van der Waals surface area contributed by atoms with Gasteiger partial charge in [0.2, 0.25) is 5.91 Å². The zero-order valence-corrected chi connectivity index (χ0v) is 17.1. The van der Waals surface area contributed by atoms with Crippen molar-refractivity contribution < 1.29 is 9.53 Å². The van der Waals surface area contributed by atoms with Crippen LogP contribution in [0.25, 0.3) is 0 Å². The molecular formula is C22H24N4O2S. The second-order valence-electron chi connectivity index (χ2n) is 7.19. The number of nitriles is 1. The highest BCUT2D eigenvalue weighted by atomic mass is 32.2. The van der Waals surface area contributed by atoms with E-state index in [0.29, 0.717) is 23.8 Å². The van der Waals surface area contributed by atoms with Crippen LogP contribution in [0.3, 0.4) is 0 Å². The number of anilines is 2. The van der Waals surface area contributed by atoms with E-state index in [1.807, 2.05) is 30.3 Å². The predicted octanol–water partition coefficient (Wildman–Crippen LogP) is 3.40. The number of hydrogen-bond acceptors (Lipinski definition) is 6. The molecular weight excluding hydrogens is 384 g/mol. The van der Waals surface area contributed by atoms with E-state index in [2.05, 4.69) is 16.3 Å². The van der Waals surface area contributed by atoms with Gasteiger partial charge in [-0.3, -0.25) is 4.79 Å². The molecule has 0 saturated carbocycles. The Morgan fingerprint density at radius 2 is 1.90 bits per heavy atom. The summed E-state index contributed by atoms with van der Waals surface area (Å²) < 4.78 is 5.50. The van der Waals surface area contributed by atoms with E-state index in [1.54, 1.807) is 0 Å². The molecule has 0 spiro atoms. The van der Waals surface area contributed by atoms with Crippen LogP contribution in [0.1, 0.15) is 29.5 Å². The Balaban J connectivity index is 1.58. The van der Waals surface area contributed by atoms with E-state index in [-0.39, 0.29) is 11.7 Å². The second kappa shape index (κ2) is 9.29. The molecule has 1 aliphatic heterocycles. The number of aromatic nitrogens is 1. The number of amides is 1. The van der Waals surface area contributed by atoms with Crippen molar-refractivity contribution in [2.45, 2.75) is 30.7 Å². The molecule has 2 aromatic rings. The number of morpholine rings is 1. The summed E-state index contributed by atoms with van der Waals surface area (Å²) in [4.78, 5) is 19.5. The number of pyridine rings is 1. The molecule has 2 aliphatic rings. The number of para-hydroxylation sites is 1. The topological polar surface area (TPSA) is 78.2 Å². The largest absolute Gasteiger partial charge is 0.378 e. The highest BCUT2D eigenvalue weighted by molar-refractivity contribution is 8.00. The van der Waals surface area contributed by atoms with Gasteiger partial charge in [-0.1, -0.05) is 30.0 Å². The van der Waals surface area contributed by atoms with E-state index in [0.717, 1.165) is 55.8 Å². The molecule has 150 valence electrons. The summed E-state index contributed by atoms with van der Waals surface area (Å²) >= 11 is 1.35. The highest BCUT2D eigenvalue weighted by Crippen LogP contribution is 2.36. The Labute approximate surface area is 175 Å². The smallest absolute Gasteiger partial charge is 0.234 e. The second-order valence-corrected chi connectivity index (χ2v) is 8.16. The third-order valence-electron chi connectivity index (χ3n) is 5.28. The van der Waals surface area contributed by atoms with Crippen LogP contribution >= 0.6 is 11.8 Å². The van der Waals surface area contributed by atoms with Gasteiger partial charge in [-0.05, 0) is 48.9 Å². The maximum Gasteiger partial charge on any atom is 0.234 e. The van der Waals surface area contributed by atoms with Crippen LogP contribution in [-0.4, -0.2) is 42.9 Å². The average Bonchev–Trinajstić information content (AvgIpc) is 2.78. The fourth-order valence-corrected chi connectivity index (χ4v) is 4.69. The van der Waals surface area contributed by atoms with Crippen LogP contribution in [0, 0.1) is 11.3 Å². The maximum absolute atomic E-state index is 12.4. The van der Waals surface area contributed by atoms with Crippen molar-refractivity contribution in [3.05, 3.63) is 47.0 Å². The van der Waals surface area contributed by atoms with Crippen LogP contribution in [0.5, 0.6) is 0 Å². The van der Waals surface area contributed by atoms with Gasteiger partial charge in [0.1, 0.15) is 16.9 Å². The molecule has 1 aromatic carbocycles. The molecule has 2 heterocycles. The molecule has 0 radical (unpaired) electrons. The normalized spacial score (nSPS) is 16.0. The fourth-order valence-electron chi connectivity index (χ4n) is 3.89. The first-order chi connectivity index (χ1) is 14.3. The van der Waals surface area contributed by atoms with Crippen LogP contribution in [0.15, 0.2) is 35.4 Å². The van der Waals surface area contributed by atoms with Crippen molar-refractivity contribution in [1.29, 1.82) is 5.26 Å². The van der Waals surface area contributed by atoms with Crippen LogP contribution in [-0.2, 0) is 22.4 Å². The summed E-state index contributed by atoms with van der Waals surface area (Å²) in [5.41, 5.74) is 3.76. The number of carbonyl (C=O) groups is 1. The number of ether oxygens (including phenoxy) is 1. The summed E-state index contributed by atoms with van der Waals surface area (Å²) in [5.74, 6) is 1.10. The number of hydrogen-bond donors (Lipinski definition) is 1. The summed E-state index contributed by atoms with van der Waals surface area (Å²) in [7, 11) is 0. The van der Waals surface area contributed by atoms with Crippen LogP contribution in [0.4, 0.5) is 11.5 Å². The van der Waals surface area contributed by atoms with Crippen LogP contribution < -0.4 is 10.2 Å². The lowest BCUT2D eigenvalue weighted by Gasteiger charge is -2.32. The number of fused-ring (bicyclic) bond motifs is 1. The monoisotopic (exact) mass is 408 g/mol. The number of benzene rings is 1. The summed E-state index contributed by atoms with van der Waals surface area (Å²) in [5, 5.41) is 13.4. The SMILES string of the molecule is N#Cc1c(SCC(=O)Nc2ccccc2)nc(N2CCOCC2)c2c1CCCC2. The van der Waals surface area contributed by atoms with Crippen molar-refractivity contribution in [2.24, 2.45) is 0 Å². The lowest BCUT2D eigenvalue weighted by atomic mass is 9.89. The van der Waals surface area contributed by atoms with Gasteiger partial charge >= 0.3 is 0 Å². The number of carbonyl (C=O) groups excluding carboxylic acids is 1. The molecule has 1 aliphatic carbocycles. The first-order valence-corrected chi connectivity index (χ1v) is 11.0. The molecule has 6 nitrogen and oxygen atoms in total. The van der Waals surface area contributed by atoms with Gasteiger partial charge in [-0.2, -0.15) is 5.26 Å². The number of nitrogens with zero attached hydrogens (tertiary/aromatic N) is 3. The molecule has 0 unspecified atom stereocenters. The molecule has 1 saturated heterocycles. The minimum absolute atomic E-state index is 0.0995. The lowest BCUT2D eigenvalue weighted by Crippen LogP contribution is -2.38. The van der Waals surface area contributed by atoms with E-state index in [4.69, 9.17) is 9.72 Å². The van der Waals surface area contributed by atoms with Crippen molar-refractivity contribution >= 4 is 29.2 Å². The van der Waals surface area contributed by atoms with Crippen molar-refractivity contribution in [3.8, 4) is 6.07 Å². The predicted molar refractivity (Wildman–Crippen MR) is 114 cm³/mol. The number of nitrogens with one attached hydrogen (secondary N) is 1. The third kappa shape index (κ3) is 4.55. The van der Waals surface area contributed by atoms with Gasteiger partial charge < -0.3 is 15.0 Å². The van der Waals surface area contributed by atoms with Gasteiger partial charge in [0.15, 0.2) is 0 Å². The maximum atomic E-state index is 12.4. The Bertz CT molecular complexity index is 921. The quantitative estimate of drug-likeness (QED) is 0.764. The van der Waals surface area contributed by atoms with Crippen LogP contribution in [0.2, 0.25) is 0 Å². The molecule has 0 bridgehead atoms. The molecule has 4 rings (SSSR count). The zero-order chi connectivity index (χ0) is 20.1. The van der Waals surface area contributed by atoms with Gasteiger partial charge in [0.25, 0.3) is 0 Å². The first kappa shape index (κ1) is 19.7. The molecule has 1 N–H and O–H groups in total. The van der Waals surface area contributed by atoms with E-state index >= 15 is 0 Å². The minimum atomic E-state index is -0.0995. The van der Waals surface area contributed by atoms with Gasteiger partial charge in [-0.15, -0.1) is 0 Å². The van der Waals surface area contributed by atoms with Crippen molar-refractivity contribution in [2.75, 3.05) is 42.3 Å². The van der Waals surface area contributed by atoms with Gasteiger partial charge in [0.05, 0.1) is 24.5 Å². The van der Waals surface area contributed by atoms with E-state index in [1.165, 1.54) is 17.3 Å². The van der Waals surface area contributed by atoms with E-state index in [9.17, 15) is 10.1 Å². The Morgan fingerprint density at radius 3 is 2.62 bits per heavy atom. The summed E-state index contributed by atoms with van der Waals surface area (Å²) in [6.07, 6.45) is 4.08. The lowest BCUT2D eigenvalue weighted by molar-refractivity contribution is -0.113. The number of thioether (sulfide) groups is 1. The molecule has 1 amide bonds. The summed E-state index contributed by atoms with van der Waals surface area (Å²) in [6.45, 7) is 3.00. The Hall–Kier alpha value is -2.56. The Kier molecular flexibility index (Phi) is 6.33. The van der Waals surface area contributed by atoms with E-state index < -0.39 is 0 Å². The number of rotatable bonds is 5. The zero-order valence-electron chi connectivity index (χ0n) is 16.3. The molecule has 1 aromatic heterocycles. The van der Waals surface area contributed by atoms with Gasteiger partial charge in [-0.25, -0.2) is 4.98 Å². The van der Waals surface area contributed by atoms with Crippen molar-refractivity contribution in [3.63, 3.8) is 0 Å². The fraction of sp³-hybridized carbons (Fsp3) is 0.409. The van der Waals surface area contributed by atoms with Crippen molar-refractivity contribution in [1.82, 2.24) is 4.98 Å². The average molecular weight is 409 g/mol. The first-order valence-electron chi connectivity index (χ1n) is 10.0. The Morgan fingerprint density at radius 1 is 1.17 bits per heavy atom. The molecule has 0 atom stereocenters. The molecule has 7 heteroatoms. The summed E-state index contributed by atoms with van der Waals surface area (Å²) in [6, 6.07) is 11.8. The minimum Gasteiger partial charge on any atom is -0.378 e.